The Kier molecular flexibility index (Phi) is 3.56. The van der Waals surface area contributed by atoms with Crippen LogP contribution in [-0.2, 0) is 0 Å². The van der Waals surface area contributed by atoms with E-state index in [4.69, 9.17) is 0 Å². The van der Waals surface area contributed by atoms with Crippen LogP contribution in [0.15, 0.2) is 16.7 Å². The van der Waals surface area contributed by atoms with E-state index in [2.05, 4.69) is 40.1 Å². The zero-order chi connectivity index (χ0) is 13.3. The van der Waals surface area contributed by atoms with Crippen LogP contribution in [0.5, 0.6) is 0 Å². The molecule has 6 heteroatoms. The van der Waals surface area contributed by atoms with Crippen LogP contribution in [0.25, 0.3) is 0 Å². The van der Waals surface area contributed by atoms with E-state index in [0.29, 0.717) is 10.3 Å². The molecule has 1 aliphatic rings. The van der Waals surface area contributed by atoms with Crippen LogP contribution in [0, 0.1) is 15.5 Å². The standard InChI is InChI=1S/C12H16BrN3O2/c1-12(2)5-3-4-10(12)15-11-9(16(17)18)6-8(13)7-14-11/h6-7,10H,3-5H2,1-2H3,(H,14,15). The molecule has 1 heterocycles. The van der Waals surface area contributed by atoms with Crippen molar-refractivity contribution in [2.45, 2.75) is 39.2 Å². The zero-order valence-corrected chi connectivity index (χ0v) is 12.0. The highest BCUT2D eigenvalue weighted by Crippen LogP contribution is 2.40. The topological polar surface area (TPSA) is 68.1 Å². The van der Waals surface area contributed by atoms with Crippen molar-refractivity contribution in [3.05, 3.63) is 26.9 Å². The third-order valence-electron chi connectivity index (χ3n) is 3.60. The van der Waals surface area contributed by atoms with Crippen LogP contribution in [-0.4, -0.2) is 15.9 Å². The number of halogens is 1. The predicted octanol–water partition coefficient (Wildman–Crippen LogP) is 3.74. The van der Waals surface area contributed by atoms with Gasteiger partial charge < -0.3 is 5.32 Å². The average Bonchev–Trinajstić information content (AvgIpc) is 2.60. The molecule has 1 N–H and O–H groups in total. The van der Waals surface area contributed by atoms with Crippen molar-refractivity contribution >= 4 is 27.4 Å². The molecule has 1 aromatic rings. The summed E-state index contributed by atoms with van der Waals surface area (Å²) >= 11 is 3.21. The number of nitrogens with one attached hydrogen (secondary N) is 1. The Bertz CT molecular complexity index is 476. The molecular weight excluding hydrogens is 298 g/mol. The second-order valence-corrected chi connectivity index (χ2v) is 6.27. The monoisotopic (exact) mass is 313 g/mol. The van der Waals surface area contributed by atoms with Crippen LogP contribution in [0.1, 0.15) is 33.1 Å². The van der Waals surface area contributed by atoms with Gasteiger partial charge in [0.15, 0.2) is 0 Å². The molecule has 1 saturated carbocycles. The molecule has 98 valence electrons. The van der Waals surface area contributed by atoms with Gasteiger partial charge in [-0.1, -0.05) is 20.3 Å². The summed E-state index contributed by atoms with van der Waals surface area (Å²) in [6.07, 6.45) is 4.89. The van der Waals surface area contributed by atoms with Crippen LogP contribution in [0.3, 0.4) is 0 Å². The molecule has 1 aliphatic carbocycles. The highest BCUT2D eigenvalue weighted by Gasteiger charge is 2.35. The summed E-state index contributed by atoms with van der Waals surface area (Å²) in [5, 5.41) is 14.2. The lowest BCUT2D eigenvalue weighted by Gasteiger charge is -2.28. The van der Waals surface area contributed by atoms with E-state index in [0.717, 1.165) is 19.3 Å². The van der Waals surface area contributed by atoms with Gasteiger partial charge in [-0.2, -0.15) is 0 Å². The number of hydrogen-bond acceptors (Lipinski definition) is 4. The number of aromatic nitrogens is 1. The third-order valence-corrected chi connectivity index (χ3v) is 4.03. The Hall–Kier alpha value is -1.17. The summed E-state index contributed by atoms with van der Waals surface area (Å²) in [6.45, 7) is 4.37. The van der Waals surface area contributed by atoms with Crippen molar-refractivity contribution in [2.24, 2.45) is 5.41 Å². The Balaban J connectivity index is 2.26. The third kappa shape index (κ3) is 2.63. The number of nitrogens with zero attached hydrogens (tertiary/aromatic N) is 2. The zero-order valence-electron chi connectivity index (χ0n) is 10.4. The second kappa shape index (κ2) is 4.84. The van der Waals surface area contributed by atoms with Crippen LogP contribution in [0.4, 0.5) is 11.5 Å². The van der Waals surface area contributed by atoms with Gasteiger partial charge in [0.05, 0.1) is 4.92 Å². The maximum atomic E-state index is 11.0. The van der Waals surface area contributed by atoms with E-state index < -0.39 is 4.92 Å². The molecule has 1 atom stereocenters. The summed E-state index contributed by atoms with van der Waals surface area (Å²) in [4.78, 5) is 14.7. The smallest absolute Gasteiger partial charge is 0.312 e. The number of hydrogen-bond donors (Lipinski definition) is 1. The van der Waals surface area contributed by atoms with Crippen molar-refractivity contribution < 1.29 is 4.92 Å². The second-order valence-electron chi connectivity index (χ2n) is 5.36. The van der Waals surface area contributed by atoms with E-state index in [9.17, 15) is 10.1 Å². The summed E-state index contributed by atoms with van der Waals surface area (Å²) in [7, 11) is 0. The Morgan fingerprint density at radius 1 is 1.61 bits per heavy atom. The molecule has 0 aliphatic heterocycles. The Morgan fingerprint density at radius 2 is 2.33 bits per heavy atom. The fourth-order valence-electron chi connectivity index (χ4n) is 2.44. The van der Waals surface area contributed by atoms with Crippen molar-refractivity contribution in [2.75, 3.05) is 5.32 Å². The molecule has 0 spiro atoms. The number of anilines is 1. The fraction of sp³-hybridized carbons (Fsp3) is 0.583. The summed E-state index contributed by atoms with van der Waals surface area (Å²) < 4.78 is 0.616. The van der Waals surface area contributed by atoms with Crippen molar-refractivity contribution in [1.29, 1.82) is 0 Å². The molecular formula is C12H16BrN3O2. The van der Waals surface area contributed by atoms with Gasteiger partial charge in [-0.3, -0.25) is 10.1 Å². The van der Waals surface area contributed by atoms with Gasteiger partial charge in [0, 0.05) is 22.8 Å². The maximum Gasteiger partial charge on any atom is 0.312 e. The molecule has 2 rings (SSSR count). The molecule has 0 radical (unpaired) electrons. The average molecular weight is 314 g/mol. The molecule has 0 bridgehead atoms. The molecule has 5 nitrogen and oxygen atoms in total. The molecule has 18 heavy (non-hydrogen) atoms. The minimum absolute atomic E-state index is 0.0204. The first-order chi connectivity index (χ1) is 8.40. The van der Waals surface area contributed by atoms with Crippen LogP contribution in [0.2, 0.25) is 0 Å². The summed E-state index contributed by atoms with van der Waals surface area (Å²) in [5.74, 6) is 0.364. The number of pyridine rings is 1. The molecule has 1 unspecified atom stereocenters. The number of nitro groups is 1. The van der Waals surface area contributed by atoms with Gasteiger partial charge in [-0.15, -0.1) is 0 Å². The first kappa shape index (κ1) is 13.3. The van der Waals surface area contributed by atoms with Gasteiger partial charge in [0.1, 0.15) is 0 Å². The van der Waals surface area contributed by atoms with Gasteiger partial charge >= 0.3 is 5.69 Å². The van der Waals surface area contributed by atoms with E-state index in [1.54, 1.807) is 6.20 Å². The molecule has 1 fully saturated rings. The lowest BCUT2D eigenvalue weighted by atomic mass is 9.87. The molecule has 1 aromatic heterocycles. The van der Waals surface area contributed by atoms with Crippen LogP contribution < -0.4 is 5.32 Å². The summed E-state index contributed by atoms with van der Waals surface area (Å²) in [6, 6.07) is 1.72. The van der Waals surface area contributed by atoms with Gasteiger partial charge in [0.2, 0.25) is 5.82 Å². The minimum atomic E-state index is -0.401. The van der Waals surface area contributed by atoms with Gasteiger partial charge in [-0.25, -0.2) is 4.98 Å². The fourth-order valence-corrected chi connectivity index (χ4v) is 2.76. The van der Waals surface area contributed by atoms with Crippen molar-refractivity contribution in [1.82, 2.24) is 4.98 Å². The van der Waals surface area contributed by atoms with E-state index in [-0.39, 0.29) is 17.1 Å². The number of rotatable bonds is 3. The molecule has 0 aromatic carbocycles. The lowest BCUT2D eigenvalue weighted by molar-refractivity contribution is -0.384. The predicted molar refractivity (Wildman–Crippen MR) is 73.6 cm³/mol. The quantitative estimate of drug-likeness (QED) is 0.681. The lowest BCUT2D eigenvalue weighted by Crippen LogP contribution is -2.31. The minimum Gasteiger partial charge on any atom is -0.361 e. The van der Waals surface area contributed by atoms with Crippen molar-refractivity contribution in [3.8, 4) is 0 Å². The Labute approximate surface area is 114 Å². The molecule has 0 saturated heterocycles. The highest BCUT2D eigenvalue weighted by atomic mass is 79.9. The van der Waals surface area contributed by atoms with E-state index in [1.807, 2.05) is 0 Å². The Morgan fingerprint density at radius 3 is 2.89 bits per heavy atom. The first-order valence-corrected chi connectivity index (χ1v) is 6.76. The van der Waals surface area contributed by atoms with Gasteiger partial charge in [-0.05, 0) is 34.2 Å². The summed E-state index contributed by atoms with van der Waals surface area (Å²) in [5.41, 5.74) is 0.176. The van der Waals surface area contributed by atoms with Crippen molar-refractivity contribution in [3.63, 3.8) is 0 Å². The van der Waals surface area contributed by atoms with Gasteiger partial charge in [0.25, 0.3) is 0 Å². The van der Waals surface area contributed by atoms with E-state index in [1.165, 1.54) is 6.07 Å². The van der Waals surface area contributed by atoms with E-state index >= 15 is 0 Å². The van der Waals surface area contributed by atoms with Crippen LogP contribution >= 0.6 is 15.9 Å². The largest absolute Gasteiger partial charge is 0.361 e. The SMILES string of the molecule is CC1(C)CCCC1Nc1ncc(Br)cc1[N+](=O)[O-]. The first-order valence-electron chi connectivity index (χ1n) is 5.96. The maximum absolute atomic E-state index is 11.0. The molecule has 0 amide bonds. The normalized spacial score (nSPS) is 21.8. The highest BCUT2D eigenvalue weighted by molar-refractivity contribution is 9.10.